The zero-order valence-electron chi connectivity index (χ0n) is 10.4. The minimum Gasteiger partial charge on any atom is -0.492 e. The zero-order valence-corrected chi connectivity index (χ0v) is 13.6. The minimum atomic E-state index is 0.634. The molecule has 2 N–H and O–H groups in total. The summed E-state index contributed by atoms with van der Waals surface area (Å²) in [5, 5.41) is 9.92. The number of ether oxygens (including phenoxy) is 1. The first-order chi connectivity index (χ1) is 9.20. The fraction of sp³-hybridized carbons (Fsp3) is 0.333. The standard InChI is InChI=1S/C12H14Br2N4O/c1-2-19-12-8(3-9(13)4-10(12)14)5-15-6-11-16-7-17-18-11/h3-4,7,15H,2,5-6H2,1H3,(H,16,17,18). The topological polar surface area (TPSA) is 62.8 Å². The Bertz CT molecular complexity index is 531. The molecule has 0 spiro atoms. The zero-order chi connectivity index (χ0) is 13.7. The van der Waals surface area contributed by atoms with Gasteiger partial charge in [-0.15, -0.1) is 0 Å². The second-order valence-corrected chi connectivity index (χ2v) is 5.61. The van der Waals surface area contributed by atoms with E-state index < -0.39 is 0 Å². The van der Waals surface area contributed by atoms with Crippen LogP contribution in [-0.4, -0.2) is 21.8 Å². The van der Waals surface area contributed by atoms with E-state index in [0.717, 1.165) is 26.1 Å². The van der Waals surface area contributed by atoms with Gasteiger partial charge in [-0.3, -0.25) is 5.10 Å². The lowest BCUT2D eigenvalue weighted by atomic mass is 10.2. The van der Waals surface area contributed by atoms with Crippen LogP contribution in [0.3, 0.4) is 0 Å². The highest BCUT2D eigenvalue weighted by molar-refractivity contribution is 9.11. The summed E-state index contributed by atoms with van der Waals surface area (Å²) in [6, 6.07) is 4.02. The molecule has 5 nitrogen and oxygen atoms in total. The van der Waals surface area contributed by atoms with E-state index in [1.165, 1.54) is 6.33 Å². The number of nitrogens with zero attached hydrogens (tertiary/aromatic N) is 2. The van der Waals surface area contributed by atoms with E-state index in [4.69, 9.17) is 4.74 Å². The molecular formula is C12H14Br2N4O. The fourth-order valence-corrected chi connectivity index (χ4v) is 3.11. The van der Waals surface area contributed by atoms with E-state index in [1.54, 1.807) is 0 Å². The van der Waals surface area contributed by atoms with Crippen molar-refractivity contribution in [3.8, 4) is 5.75 Å². The first-order valence-electron chi connectivity index (χ1n) is 5.86. The number of rotatable bonds is 6. The summed E-state index contributed by atoms with van der Waals surface area (Å²) < 4.78 is 7.62. The Morgan fingerprint density at radius 1 is 1.32 bits per heavy atom. The lowest BCUT2D eigenvalue weighted by molar-refractivity contribution is 0.333. The van der Waals surface area contributed by atoms with Crippen molar-refractivity contribution in [3.63, 3.8) is 0 Å². The third-order valence-electron chi connectivity index (χ3n) is 2.45. The smallest absolute Gasteiger partial charge is 0.138 e. The Kier molecular flexibility index (Phi) is 5.35. The number of aromatic nitrogens is 3. The van der Waals surface area contributed by atoms with Crippen LogP contribution in [0.25, 0.3) is 0 Å². The van der Waals surface area contributed by atoms with Gasteiger partial charge in [0.2, 0.25) is 0 Å². The van der Waals surface area contributed by atoms with Crippen molar-refractivity contribution in [2.75, 3.05) is 6.61 Å². The third-order valence-corrected chi connectivity index (χ3v) is 3.49. The number of hydrogen-bond donors (Lipinski definition) is 2. The minimum absolute atomic E-state index is 0.634. The van der Waals surface area contributed by atoms with Gasteiger partial charge in [-0.05, 0) is 35.0 Å². The van der Waals surface area contributed by atoms with E-state index in [-0.39, 0.29) is 0 Å². The Morgan fingerprint density at radius 3 is 2.84 bits per heavy atom. The average molecular weight is 390 g/mol. The number of halogens is 2. The molecular weight excluding hydrogens is 376 g/mol. The molecule has 0 saturated heterocycles. The molecule has 19 heavy (non-hydrogen) atoms. The molecule has 0 saturated carbocycles. The van der Waals surface area contributed by atoms with Crippen LogP contribution in [0.2, 0.25) is 0 Å². The van der Waals surface area contributed by atoms with Crippen molar-refractivity contribution in [2.24, 2.45) is 0 Å². The monoisotopic (exact) mass is 388 g/mol. The van der Waals surface area contributed by atoms with Crippen molar-refractivity contribution in [3.05, 3.63) is 38.8 Å². The molecule has 1 aromatic carbocycles. The van der Waals surface area contributed by atoms with Crippen LogP contribution in [0.4, 0.5) is 0 Å². The summed E-state index contributed by atoms with van der Waals surface area (Å²) >= 11 is 7.01. The van der Waals surface area contributed by atoms with E-state index in [0.29, 0.717) is 19.7 Å². The summed E-state index contributed by atoms with van der Waals surface area (Å²) in [4.78, 5) is 4.06. The largest absolute Gasteiger partial charge is 0.492 e. The molecule has 0 amide bonds. The molecule has 0 radical (unpaired) electrons. The molecule has 0 unspecified atom stereocenters. The van der Waals surface area contributed by atoms with E-state index in [1.807, 2.05) is 19.1 Å². The van der Waals surface area contributed by atoms with Crippen LogP contribution >= 0.6 is 31.9 Å². The van der Waals surface area contributed by atoms with Gasteiger partial charge in [-0.1, -0.05) is 15.9 Å². The predicted octanol–water partition coefficient (Wildman–Crippen LogP) is 3.02. The molecule has 0 aliphatic heterocycles. The fourth-order valence-electron chi connectivity index (χ4n) is 1.68. The van der Waals surface area contributed by atoms with Crippen LogP contribution in [0, 0.1) is 0 Å². The lowest BCUT2D eigenvalue weighted by Gasteiger charge is -2.13. The van der Waals surface area contributed by atoms with Gasteiger partial charge in [0.1, 0.15) is 17.9 Å². The molecule has 2 rings (SSSR count). The molecule has 0 atom stereocenters. The van der Waals surface area contributed by atoms with Crippen LogP contribution in [0.5, 0.6) is 5.75 Å². The molecule has 0 fully saturated rings. The summed E-state index contributed by atoms with van der Waals surface area (Å²) in [6.07, 6.45) is 1.50. The predicted molar refractivity (Wildman–Crippen MR) is 79.9 cm³/mol. The number of hydrogen-bond acceptors (Lipinski definition) is 4. The van der Waals surface area contributed by atoms with Gasteiger partial charge in [0.15, 0.2) is 0 Å². The van der Waals surface area contributed by atoms with Crippen molar-refractivity contribution in [1.29, 1.82) is 0 Å². The normalized spacial score (nSPS) is 10.7. The third kappa shape index (κ3) is 4.02. The maximum absolute atomic E-state index is 5.67. The molecule has 0 bridgehead atoms. The quantitative estimate of drug-likeness (QED) is 0.797. The van der Waals surface area contributed by atoms with Crippen molar-refractivity contribution in [2.45, 2.75) is 20.0 Å². The molecule has 0 aliphatic rings. The van der Waals surface area contributed by atoms with Crippen LogP contribution in [0.1, 0.15) is 18.3 Å². The highest BCUT2D eigenvalue weighted by Gasteiger charge is 2.09. The van der Waals surface area contributed by atoms with Crippen LogP contribution in [0.15, 0.2) is 27.4 Å². The second-order valence-electron chi connectivity index (χ2n) is 3.84. The maximum Gasteiger partial charge on any atom is 0.138 e. The Labute approximate surface area is 128 Å². The molecule has 2 aromatic rings. The summed E-state index contributed by atoms with van der Waals surface area (Å²) in [5.74, 6) is 1.68. The van der Waals surface area contributed by atoms with Crippen molar-refractivity contribution in [1.82, 2.24) is 20.5 Å². The Hall–Kier alpha value is -0.920. The number of H-pyrrole nitrogens is 1. The highest BCUT2D eigenvalue weighted by Crippen LogP contribution is 2.32. The Balaban J connectivity index is 2.05. The average Bonchev–Trinajstić information content (AvgIpc) is 2.86. The van der Waals surface area contributed by atoms with Crippen LogP contribution in [-0.2, 0) is 13.1 Å². The molecule has 1 heterocycles. The summed E-state index contributed by atoms with van der Waals surface area (Å²) in [5.41, 5.74) is 1.09. The lowest BCUT2D eigenvalue weighted by Crippen LogP contribution is -2.15. The number of aromatic amines is 1. The van der Waals surface area contributed by atoms with Gasteiger partial charge in [0, 0.05) is 16.6 Å². The number of benzene rings is 1. The van der Waals surface area contributed by atoms with Crippen LogP contribution < -0.4 is 10.1 Å². The van der Waals surface area contributed by atoms with Crippen molar-refractivity contribution >= 4 is 31.9 Å². The summed E-state index contributed by atoms with van der Waals surface area (Å²) in [7, 11) is 0. The maximum atomic E-state index is 5.67. The van der Waals surface area contributed by atoms with Gasteiger partial charge in [0.25, 0.3) is 0 Å². The molecule has 102 valence electrons. The second kappa shape index (κ2) is 7.02. The van der Waals surface area contributed by atoms with Gasteiger partial charge < -0.3 is 10.1 Å². The van der Waals surface area contributed by atoms with E-state index >= 15 is 0 Å². The first kappa shape index (κ1) is 14.5. The highest BCUT2D eigenvalue weighted by atomic mass is 79.9. The molecule has 1 aromatic heterocycles. The van der Waals surface area contributed by atoms with Crippen molar-refractivity contribution < 1.29 is 4.74 Å². The first-order valence-corrected chi connectivity index (χ1v) is 7.45. The van der Waals surface area contributed by atoms with Gasteiger partial charge in [0.05, 0.1) is 17.6 Å². The number of nitrogens with one attached hydrogen (secondary N) is 2. The molecule has 7 heteroatoms. The van der Waals surface area contributed by atoms with E-state index in [2.05, 4.69) is 52.4 Å². The Morgan fingerprint density at radius 2 is 2.16 bits per heavy atom. The van der Waals surface area contributed by atoms with E-state index in [9.17, 15) is 0 Å². The van der Waals surface area contributed by atoms with Gasteiger partial charge >= 0.3 is 0 Å². The van der Waals surface area contributed by atoms with Gasteiger partial charge in [-0.25, -0.2) is 4.98 Å². The summed E-state index contributed by atoms with van der Waals surface area (Å²) in [6.45, 7) is 3.93. The molecule has 0 aliphatic carbocycles. The SMILES string of the molecule is CCOc1c(Br)cc(Br)cc1CNCc1ncn[nH]1. The van der Waals surface area contributed by atoms with Gasteiger partial charge in [-0.2, -0.15) is 5.10 Å².